The van der Waals surface area contributed by atoms with Gasteiger partial charge in [0.15, 0.2) is 6.29 Å². The minimum atomic E-state index is -1.65. The van der Waals surface area contributed by atoms with Crippen LogP contribution in [0.4, 0.5) is 0 Å². The predicted molar refractivity (Wildman–Crippen MR) is 182 cm³/mol. The number of fused-ring (bicyclic) bond motifs is 5. The van der Waals surface area contributed by atoms with Gasteiger partial charge in [0.25, 0.3) is 0 Å². The molecule has 0 aromatic heterocycles. The monoisotopic (exact) mass is 690 g/mol. The summed E-state index contributed by atoms with van der Waals surface area (Å²) in [5.41, 5.74) is -2.18. The van der Waals surface area contributed by atoms with Crippen LogP contribution < -0.4 is 0 Å². The van der Waals surface area contributed by atoms with E-state index in [1.54, 1.807) is 13.8 Å². The van der Waals surface area contributed by atoms with E-state index in [0.29, 0.717) is 12.3 Å². The zero-order chi connectivity index (χ0) is 36.5. The normalized spacial score (nSPS) is 42.8. The highest BCUT2D eigenvalue weighted by molar-refractivity contribution is 5.75. The van der Waals surface area contributed by atoms with Gasteiger partial charge in [-0.3, -0.25) is 14.4 Å². The average molecular weight is 691 g/mol. The average Bonchev–Trinajstić information content (AvgIpc) is 3.24. The lowest BCUT2D eigenvalue weighted by Gasteiger charge is -2.65. The van der Waals surface area contributed by atoms with Gasteiger partial charge in [0.1, 0.15) is 12.2 Å². The third-order valence-corrected chi connectivity index (χ3v) is 14.3. The summed E-state index contributed by atoms with van der Waals surface area (Å²) in [5, 5.41) is 32.7. The Kier molecular flexibility index (Phi) is 10.1. The molecule has 0 radical (unpaired) electrons. The van der Waals surface area contributed by atoms with Gasteiger partial charge in [-0.25, -0.2) is 0 Å². The quantitative estimate of drug-likeness (QED) is 0.166. The zero-order valence-electron chi connectivity index (χ0n) is 31.5. The van der Waals surface area contributed by atoms with Gasteiger partial charge < -0.3 is 34.3 Å². The van der Waals surface area contributed by atoms with E-state index in [4.69, 9.17) is 18.9 Å². The number of aliphatic hydroxyl groups is 3. The first-order valence-electron chi connectivity index (χ1n) is 18.4. The van der Waals surface area contributed by atoms with Gasteiger partial charge in [-0.05, 0) is 106 Å². The van der Waals surface area contributed by atoms with Crippen LogP contribution in [0.1, 0.15) is 127 Å². The molecule has 0 aromatic carbocycles. The summed E-state index contributed by atoms with van der Waals surface area (Å²) in [6.07, 6.45) is 5.88. The molecule has 0 amide bonds. The molecule has 3 N–H and O–H groups in total. The Morgan fingerprint density at radius 2 is 1.57 bits per heavy atom. The maximum Gasteiger partial charge on any atom is 0.309 e. The maximum atomic E-state index is 13.4. The van der Waals surface area contributed by atoms with Gasteiger partial charge in [-0.1, -0.05) is 46.3 Å². The second kappa shape index (κ2) is 12.9. The van der Waals surface area contributed by atoms with E-state index in [1.165, 1.54) is 26.5 Å². The highest BCUT2D eigenvalue weighted by atomic mass is 16.6. The largest absolute Gasteiger partial charge is 0.469 e. The number of rotatable bonds is 8. The molecule has 1 heterocycles. The van der Waals surface area contributed by atoms with E-state index in [1.807, 2.05) is 0 Å². The first kappa shape index (κ1) is 38.2. The van der Waals surface area contributed by atoms with Crippen molar-refractivity contribution in [2.75, 3.05) is 7.11 Å². The first-order valence-corrected chi connectivity index (χ1v) is 18.4. The maximum absolute atomic E-state index is 13.4. The van der Waals surface area contributed by atoms with E-state index in [-0.39, 0.29) is 46.5 Å². The third kappa shape index (κ3) is 6.62. The van der Waals surface area contributed by atoms with Crippen LogP contribution in [0, 0.1) is 45.3 Å². The highest BCUT2D eigenvalue weighted by Crippen LogP contribution is 2.73. The second-order valence-corrected chi connectivity index (χ2v) is 18.4. The number of aliphatic hydroxyl groups excluding tert-OH is 1. The molecule has 0 bridgehead atoms. The van der Waals surface area contributed by atoms with E-state index >= 15 is 0 Å². The zero-order valence-corrected chi connectivity index (χ0v) is 31.5. The van der Waals surface area contributed by atoms with Crippen molar-refractivity contribution in [3.63, 3.8) is 0 Å². The van der Waals surface area contributed by atoms with E-state index in [9.17, 15) is 29.7 Å². The number of esters is 3. The number of allylic oxidation sites excluding steroid dienone is 2. The highest BCUT2D eigenvalue weighted by Gasteiger charge is 2.68. The predicted octanol–water partition coefficient (Wildman–Crippen LogP) is 5.63. The summed E-state index contributed by atoms with van der Waals surface area (Å²) < 4.78 is 22.9. The van der Waals surface area contributed by atoms with Gasteiger partial charge in [-0.2, -0.15) is 0 Å². The molecule has 1 saturated heterocycles. The number of hydrogen-bond donors (Lipinski definition) is 3. The fourth-order valence-corrected chi connectivity index (χ4v) is 11.8. The molecule has 12 unspecified atom stereocenters. The van der Waals surface area contributed by atoms with Gasteiger partial charge >= 0.3 is 17.9 Å². The molecule has 4 fully saturated rings. The third-order valence-electron chi connectivity index (χ3n) is 14.3. The summed E-state index contributed by atoms with van der Waals surface area (Å²) in [6.45, 7) is 17.6. The van der Waals surface area contributed by atoms with Crippen LogP contribution in [-0.4, -0.2) is 76.1 Å². The van der Waals surface area contributed by atoms with Crippen LogP contribution >= 0.6 is 0 Å². The number of carbonyl (C=O) groups excluding carboxylic acids is 3. The Labute approximate surface area is 292 Å². The molecule has 278 valence electrons. The lowest BCUT2D eigenvalue weighted by molar-refractivity contribution is -0.248. The molecule has 1 aliphatic heterocycles. The lowest BCUT2D eigenvalue weighted by Crippen LogP contribution is -2.63. The van der Waals surface area contributed by atoms with Gasteiger partial charge in [0.05, 0.1) is 37.3 Å². The van der Waals surface area contributed by atoms with Crippen LogP contribution in [0.3, 0.4) is 0 Å². The van der Waals surface area contributed by atoms with Crippen molar-refractivity contribution in [3.8, 4) is 0 Å². The van der Waals surface area contributed by atoms with Crippen molar-refractivity contribution in [2.24, 2.45) is 45.3 Å². The molecule has 3 saturated carbocycles. The standard InChI is InChI=1S/C39H62O10/c1-22(40)47-32-27(48-31(42)21-36(6,45)20-30(41)46-10)19-37(7)25-16-18-38(8)24(23-11-14-29(35(4,5)44)49-33(23)43)15-17-39(38,9)26(25)12-13-28(37)34(32,2)3/h16,23-24,26-29,32-33,43-45H,11-15,17-21H2,1-10H3. The second-order valence-electron chi connectivity index (χ2n) is 18.4. The molecule has 5 aliphatic rings. The van der Waals surface area contributed by atoms with Crippen molar-refractivity contribution in [1.29, 1.82) is 0 Å². The van der Waals surface area contributed by atoms with Crippen LogP contribution in [-0.2, 0) is 33.3 Å². The summed E-state index contributed by atoms with van der Waals surface area (Å²) in [7, 11) is 1.23. The van der Waals surface area contributed by atoms with Gasteiger partial charge in [0.2, 0.25) is 0 Å². The molecule has 0 aromatic rings. The van der Waals surface area contributed by atoms with Crippen molar-refractivity contribution >= 4 is 17.9 Å². The number of carbonyl (C=O) groups is 3. The van der Waals surface area contributed by atoms with Crippen molar-refractivity contribution < 1.29 is 48.7 Å². The summed E-state index contributed by atoms with van der Waals surface area (Å²) in [5.74, 6) is -0.957. The molecule has 12 atom stereocenters. The van der Waals surface area contributed by atoms with Crippen LogP contribution in [0.2, 0.25) is 0 Å². The topological polar surface area (TPSA) is 149 Å². The Hall–Kier alpha value is -2.01. The molecule has 0 spiro atoms. The van der Waals surface area contributed by atoms with Crippen LogP contribution in [0.15, 0.2) is 11.6 Å². The summed E-state index contributed by atoms with van der Waals surface area (Å²) in [6, 6.07) is 0. The molecule has 10 nitrogen and oxygen atoms in total. The molecule has 10 heteroatoms. The number of hydrogen-bond acceptors (Lipinski definition) is 10. The van der Waals surface area contributed by atoms with Crippen LogP contribution in [0.5, 0.6) is 0 Å². The first-order chi connectivity index (χ1) is 22.5. The fraction of sp³-hybridized carbons (Fsp3) is 0.872. The Morgan fingerprint density at radius 3 is 2.16 bits per heavy atom. The number of methoxy groups -OCH3 is 1. The molecule has 49 heavy (non-hydrogen) atoms. The van der Waals surface area contributed by atoms with Gasteiger partial charge in [0, 0.05) is 18.3 Å². The fourth-order valence-electron chi connectivity index (χ4n) is 11.8. The minimum absolute atomic E-state index is 0.00517. The van der Waals surface area contributed by atoms with E-state index in [2.05, 4.69) is 40.7 Å². The Morgan fingerprint density at radius 1 is 0.918 bits per heavy atom. The molecule has 4 aliphatic carbocycles. The Balaban J connectivity index is 1.44. The smallest absolute Gasteiger partial charge is 0.309 e. The van der Waals surface area contributed by atoms with E-state index in [0.717, 1.165) is 44.9 Å². The molecular formula is C39H62O10. The lowest BCUT2D eigenvalue weighted by atomic mass is 9.40. The van der Waals surface area contributed by atoms with Crippen molar-refractivity contribution in [2.45, 2.75) is 162 Å². The molecule has 5 rings (SSSR count). The molecular weight excluding hydrogens is 628 g/mol. The summed E-state index contributed by atoms with van der Waals surface area (Å²) >= 11 is 0. The van der Waals surface area contributed by atoms with Gasteiger partial charge in [-0.15, -0.1) is 0 Å². The minimum Gasteiger partial charge on any atom is -0.469 e. The van der Waals surface area contributed by atoms with Crippen LogP contribution in [0.25, 0.3) is 0 Å². The number of ether oxygens (including phenoxy) is 4. The Bertz CT molecular complexity index is 1330. The van der Waals surface area contributed by atoms with Crippen molar-refractivity contribution in [1.82, 2.24) is 0 Å². The SMILES string of the molecule is COC(=O)CC(C)(O)CC(=O)OC1CC2(C)C3=CCC4(C)C(C5CCC(C(C)(C)O)OC5O)CCC4(C)C3CCC2C(C)(C)C1OC(C)=O. The van der Waals surface area contributed by atoms with E-state index < -0.39 is 59.4 Å². The van der Waals surface area contributed by atoms with Crippen molar-refractivity contribution in [3.05, 3.63) is 11.6 Å². The summed E-state index contributed by atoms with van der Waals surface area (Å²) in [4.78, 5) is 37.7.